The van der Waals surface area contributed by atoms with Gasteiger partial charge >= 0.3 is 0 Å². The molecule has 0 aliphatic carbocycles. The number of carbonyl (C=O) groups excluding carboxylic acids is 1. The number of carbonyl (C=O) groups is 2. The summed E-state index contributed by atoms with van der Waals surface area (Å²) in [7, 11) is 1.64. The fourth-order valence-corrected chi connectivity index (χ4v) is 3.90. The van der Waals surface area contributed by atoms with E-state index in [2.05, 4.69) is 10.2 Å². The zero-order valence-corrected chi connectivity index (χ0v) is 17.3. The minimum Gasteiger partial charge on any atom is -0.497 e. The van der Waals surface area contributed by atoms with Gasteiger partial charge in [-0.25, -0.2) is 0 Å². The molecule has 0 aromatic heterocycles. The topological polar surface area (TPSA) is 129 Å². The first-order chi connectivity index (χ1) is 14.4. The van der Waals surface area contributed by atoms with Crippen molar-refractivity contribution in [1.29, 1.82) is 0 Å². The summed E-state index contributed by atoms with van der Waals surface area (Å²) < 4.78 is 11.0. The number of nitrogens with one attached hydrogen (secondary N) is 1. The third-order valence-corrected chi connectivity index (χ3v) is 5.67. The monoisotopic (exact) mass is 424 g/mol. The van der Waals surface area contributed by atoms with Crippen LogP contribution in [0.3, 0.4) is 0 Å². The molecule has 0 bridgehead atoms. The first-order valence-electron chi connectivity index (χ1n) is 10.1. The molecule has 1 amide bonds. The molecule has 3 rings (SSSR count). The predicted molar refractivity (Wildman–Crippen MR) is 109 cm³/mol. The second kappa shape index (κ2) is 11.8. The van der Waals surface area contributed by atoms with E-state index >= 15 is 0 Å². The van der Waals surface area contributed by atoms with E-state index in [0.717, 1.165) is 17.7 Å². The van der Waals surface area contributed by atoms with Crippen LogP contribution in [-0.4, -0.2) is 90.3 Å². The van der Waals surface area contributed by atoms with Crippen LogP contribution in [0.4, 0.5) is 0 Å². The van der Waals surface area contributed by atoms with Crippen molar-refractivity contribution in [2.45, 2.75) is 43.5 Å². The van der Waals surface area contributed by atoms with Crippen LogP contribution < -0.4 is 10.1 Å². The molecule has 168 valence electrons. The zero-order chi connectivity index (χ0) is 22.0. The third-order valence-electron chi connectivity index (χ3n) is 5.67. The molecule has 9 heteroatoms. The lowest BCUT2D eigenvalue weighted by atomic mass is 9.80. The van der Waals surface area contributed by atoms with Crippen LogP contribution in [0, 0.1) is 0 Å². The number of benzene rings is 1. The van der Waals surface area contributed by atoms with Crippen molar-refractivity contribution >= 4 is 12.4 Å². The average Bonchev–Trinajstić information content (AvgIpc) is 2.75. The van der Waals surface area contributed by atoms with Crippen LogP contribution >= 0.6 is 0 Å². The van der Waals surface area contributed by atoms with Crippen LogP contribution in [0.2, 0.25) is 0 Å². The van der Waals surface area contributed by atoms with Gasteiger partial charge in [-0.3, -0.25) is 14.5 Å². The lowest BCUT2D eigenvalue weighted by Gasteiger charge is -2.48. The summed E-state index contributed by atoms with van der Waals surface area (Å²) in [5, 5.41) is 30.1. The summed E-state index contributed by atoms with van der Waals surface area (Å²) in [6.07, 6.45) is 0.951. The van der Waals surface area contributed by atoms with E-state index in [9.17, 15) is 15.0 Å². The van der Waals surface area contributed by atoms with Crippen molar-refractivity contribution in [1.82, 2.24) is 10.2 Å². The van der Waals surface area contributed by atoms with Crippen molar-refractivity contribution in [3.05, 3.63) is 29.8 Å². The molecule has 2 fully saturated rings. The Hall–Kier alpha value is -2.20. The fraction of sp³-hybridized carbons (Fsp3) is 0.619. The molecule has 30 heavy (non-hydrogen) atoms. The Kier molecular flexibility index (Phi) is 9.51. The normalized spacial score (nSPS) is 23.2. The largest absolute Gasteiger partial charge is 0.497 e. The van der Waals surface area contributed by atoms with Gasteiger partial charge in [0.15, 0.2) is 0 Å². The van der Waals surface area contributed by atoms with Crippen molar-refractivity contribution in [2.24, 2.45) is 0 Å². The number of carboxylic acid groups (broad SMARTS) is 1. The highest BCUT2D eigenvalue weighted by atomic mass is 16.5. The summed E-state index contributed by atoms with van der Waals surface area (Å²) in [5.74, 6) is 0.829. The molecule has 2 heterocycles. The highest BCUT2D eigenvalue weighted by Crippen LogP contribution is 2.35. The quantitative estimate of drug-likeness (QED) is 0.471. The number of aliphatic hydroxyl groups is 2. The predicted octanol–water partition coefficient (Wildman–Crippen LogP) is 0.0314. The van der Waals surface area contributed by atoms with E-state index in [4.69, 9.17) is 19.4 Å². The number of nitrogens with zero attached hydrogens (tertiary/aromatic N) is 1. The van der Waals surface area contributed by atoms with Crippen LogP contribution in [0.25, 0.3) is 0 Å². The van der Waals surface area contributed by atoms with Gasteiger partial charge in [0.2, 0.25) is 5.91 Å². The zero-order valence-electron chi connectivity index (χ0n) is 17.3. The molecule has 2 aliphatic heterocycles. The molecule has 1 aromatic carbocycles. The number of aliphatic hydroxyl groups excluding tert-OH is 2. The van der Waals surface area contributed by atoms with Crippen molar-refractivity contribution in [3.8, 4) is 5.75 Å². The van der Waals surface area contributed by atoms with Gasteiger partial charge < -0.3 is 30.1 Å². The van der Waals surface area contributed by atoms with Crippen molar-refractivity contribution in [2.75, 3.05) is 39.9 Å². The number of methoxy groups -OCH3 is 1. The molecule has 0 radical (unpaired) electrons. The van der Waals surface area contributed by atoms with Crippen molar-refractivity contribution in [3.63, 3.8) is 0 Å². The van der Waals surface area contributed by atoms with Crippen LogP contribution in [0.15, 0.2) is 24.3 Å². The molecule has 2 atom stereocenters. The number of amides is 1. The van der Waals surface area contributed by atoms with Gasteiger partial charge in [0, 0.05) is 19.6 Å². The minimum absolute atomic E-state index is 0.00427. The SMILES string of the molecule is COc1ccc(CCNC(=O)CN2CCC3(CC2)OCC[C@H](O)[C@@H]3O)cc1.O=CO. The van der Waals surface area contributed by atoms with Gasteiger partial charge in [-0.15, -0.1) is 0 Å². The number of hydrogen-bond acceptors (Lipinski definition) is 7. The second-order valence-electron chi connectivity index (χ2n) is 7.54. The van der Waals surface area contributed by atoms with Gasteiger partial charge in [-0.1, -0.05) is 12.1 Å². The Morgan fingerprint density at radius 1 is 1.30 bits per heavy atom. The maximum absolute atomic E-state index is 12.2. The molecule has 1 spiro atoms. The maximum atomic E-state index is 12.2. The molecular formula is C21H32N2O7. The van der Waals surface area contributed by atoms with Crippen LogP contribution in [0.5, 0.6) is 5.75 Å². The highest BCUT2D eigenvalue weighted by Gasteiger charge is 2.47. The number of hydrogen-bond donors (Lipinski definition) is 4. The third kappa shape index (κ3) is 6.66. The molecular weight excluding hydrogens is 392 g/mol. The summed E-state index contributed by atoms with van der Waals surface area (Å²) >= 11 is 0. The summed E-state index contributed by atoms with van der Waals surface area (Å²) in [6.45, 7) is 2.52. The van der Waals surface area contributed by atoms with E-state index < -0.39 is 17.8 Å². The standard InChI is InChI=1S/C20H30N2O5.CH2O2/c1-26-16-4-2-15(3-5-16)6-10-21-18(24)14-22-11-8-20(9-12-22)19(25)17(23)7-13-27-20;2-1-3/h2-5,17,19,23,25H,6-14H2,1H3,(H,21,24);1H,(H,2,3)/t17-,19-;/m0./s1. The Labute approximate surface area is 176 Å². The number of rotatable bonds is 6. The summed E-state index contributed by atoms with van der Waals surface area (Å²) in [5.41, 5.74) is 0.497. The molecule has 1 aromatic rings. The molecule has 4 N–H and O–H groups in total. The first kappa shape index (κ1) is 24.1. The van der Waals surface area contributed by atoms with Gasteiger partial charge in [0.05, 0.1) is 32.0 Å². The van der Waals surface area contributed by atoms with Crippen molar-refractivity contribution < 1.29 is 34.4 Å². The second-order valence-corrected chi connectivity index (χ2v) is 7.54. The van der Waals surface area contributed by atoms with Gasteiger partial charge in [0.1, 0.15) is 11.9 Å². The lowest BCUT2D eigenvalue weighted by Crippen LogP contribution is -2.60. The Morgan fingerprint density at radius 3 is 2.53 bits per heavy atom. The molecule has 2 saturated heterocycles. The van der Waals surface area contributed by atoms with E-state index in [1.807, 2.05) is 24.3 Å². The molecule has 0 saturated carbocycles. The fourth-order valence-electron chi connectivity index (χ4n) is 3.90. The highest BCUT2D eigenvalue weighted by molar-refractivity contribution is 5.78. The van der Waals surface area contributed by atoms with Gasteiger partial charge in [0.25, 0.3) is 6.47 Å². The van der Waals surface area contributed by atoms with Gasteiger partial charge in [-0.2, -0.15) is 0 Å². The van der Waals surface area contributed by atoms with E-state index in [1.54, 1.807) is 7.11 Å². The maximum Gasteiger partial charge on any atom is 0.290 e. The van der Waals surface area contributed by atoms with Gasteiger partial charge in [-0.05, 0) is 43.4 Å². The number of ether oxygens (including phenoxy) is 2. The molecule has 9 nitrogen and oxygen atoms in total. The number of piperidine rings is 1. The minimum atomic E-state index is -0.841. The van der Waals surface area contributed by atoms with Crippen LogP contribution in [-0.2, 0) is 20.7 Å². The smallest absolute Gasteiger partial charge is 0.290 e. The van der Waals surface area contributed by atoms with E-state index in [-0.39, 0.29) is 12.4 Å². The summed E-state index contributed by atoms with van der Waals surface area (Å²) in [4.78, 5) is 22.6. The average molecular weight is 424 g/mol. The lowest BCUT2D eigenvalue weighted by molar-refractivity contribution is -0.214. The molecule has 0 unspecified atom stereocenters. The first-order valence-corrected chi connectivity index (χ1v) is 10.1. The van der Waals surface area contributed by atoms with E-state index in [1.165, 1.54) is 0 Å². The Bertz CT molecular complexity index is 660. The van der Waals surface area contributed by atoms with Crippen LogP contribution in [0.1, 0.15) is 24.8 Å². The Morgan fingerprint density at radius 2 is 1.93 bits per heavy atom. The number of likely N-dealkylation sites (tertiary alicyclic amines) is 1. The molecule has 2 aliphatic rings. The Balaban J connectivity index is 0.00000101. The van der Waals surface area contributed by atoms with E-state index in [0.29, 0.717) is 52.0 Å². The summed E-state index contributed by atoms with van der Waals surface area (Å²) in [6, 6.07) is 7.83.